The van der Waals surface area contributed by atoms with Gasteiger partial charge in [-0.25, -0.2) is 4.79 Å². The molecular weight excluding hydrogens is 230 g/mol. The zero-order valence-electron chi connectivity index (χ0n) is 11.8. The lowest BCUT2D eigenvalue weighted by molar-refractivity contribution is -0.133. The summed E-state index contributed by atoms with van der Waals surface area (Å²) in [6, 6.07) is 0. The molecule has 0 saturated carbocycles. The van der Waals surface area contributed by atoms with E-state index in [-0.39, 0.29) is 5.78 Å². The number of nitrogens with zero attached hydrogens (tertiary/aromatic N) is 1. The summed E-state index contributed by atoms with van der Waals surface area (Å²) in [5, 5.41) is 0. The number of amides is 1. The second-order valence-corrected chi connectivity index (χ2v) is 5.93. The monoisotopic (exact) mass is 253 g/mol. The molecule has 102 valence electrons. The van der Waals surface area contributed by atoms with Crippen molar-refractivity contribution in [3.05, 3.63) is 12.7 Å². The predicted molar refractivity (Wildman–Crippen MR) is 70.4 cm³/mol. The van der Waals surface area contributed by atoms with Crippen LogP contribution in [0.15, 0.2) is 12.7 Å². The van der Waals surface area contributed by atoms with Crippen molar-refractivity contribution in [1.82, 2.24) is 4.90 Å². The van der Waals surface area contributed by atoms with Gasteiger partial charge in [-0.15, -0.1) is 6.58 Å². The Bertz CT molecular complexity index is 357. The van der Waals surface area contributed by atoms with Gasteiger partial charge < -0.3 is 4.74 Å². The first kappa shape index (κ1) is 14.7. The Labute approximate surface area is 109 Å². The van der Waals surface area contributed by atoms with Crippen LogP contribution in [0.4, 0.5) is 4.79 Å². The van der Waals surface area contributed by atoms with E-state index < -0.39 is 17.2 Å². The highest BCUT2D eigenvalue weighted by atomic mass is 16.6. The molecule has 0 radical (unpaired) electrons. The third-order valence-electron chi connectivity index (χ3n) is 3.14. The van der Waals surface area contributed by atoms with Crippen LogP contribution >= 0.6 is 0 Å². The lowest BCUT2D eigenvalue weighted by atomic mass is 9.84. The largest absolute Gasteiger partial charge is 0.444 e. The van der Waals surface area contributed by atoms with Crippen molar-refractivity contribution in [2.24, 2.45) is 0 Å². The molecule has 1 saturated heterocycles. The van der Waals surface area contributed by atoms with E-state index in [2.05, 4.69) is 6.58 Å². The fourth-order valence-electron chi connectivity index (χ4n) is 2.18. The molecule has 1 aliphatic rings. The topological polar surface area (TPSA) is 46.6 Å². The van der Waals surface area contributed by atoms with E-state index in [0.29, 0.717) is 25.8 Å². The molecule has 4 heteroatoms. The maximum atomic E-state index is 12.2. The zero-order valence-corrected chi connectivity index (χ0v) is 11.8. The number of likely N-dealkylation sites (tertiary alicyclic amines) is 1. The highest BCUT2D eigenvalue weighted by Crippen LogP contribution is 2.30. The van der Waals surface area contributed by atoms with Gasteiger partial charge in [-0.2, -0.15) is 0 Å². The molecule has 1 heterocycles. The Kier molecular flexibility index (Phi) is 4.20. The van der Waals surface area contributed by atoms with Gasteiger partial charge in [0.2, 0.25) is 0 Å². The lowest BCUT2D eigenvalue weighted by Crippen LogP contribution is -2.58. The Morgan fingerprint density at radius 2 is 2.17 bits per heavy atom. The summed E-state index contributed by atoms with van der Waals surface area (Å²) >= 11 is 0. The van der Waals surface area contributed by atoms with E-state index in [1.807, 2.05) is 20.8 Å². The molecule has 0 aromatic heterocycles. The average Bonchev–Trinajstić information content (AvgIpc) is 2.20. The first-order valence-corrected chi connectivity index (χ1v) is 6.35. The molecule has 0 aliphatic carbocycles. The Morgan fingerprint density at radius 3 is 2.67 bits per heavy atom. The van der Waals surface area contributed by atoms with Crippen LogP contribution in [0, 0.1) is 0 Å². The average molecular weight is 253 g/mol. The minimum Gasteiger partial charge on any atom is -0.444 e. The van der Waals surface area contributed by atoms with Crippen LogP contribution in [0.25, 0.3) is 0 Å². The summed E-state index contributed by atoms with van der Waals surface area (Å²) in [5.41, 5.74) is -1.35. The van der Waals surface area contributed by atoms with Gasteiger partial charge in [0, 0.05) is 13.0 Å². The Morgan fingerprint density at radius 1 is 1.56 bits per heavy atom. The fraction of sp³-hybridized carbons (Fsp3) is 0.714. The molecule has 1 fully saturated rings. The number of Topliss-reactive ketones (excluding diaryl/α,β-unsaturated/α-hetero) is 1. The molecule has 0 unspecified atom stereocenters. The molecule has 1 atom stereocenters. The highest BCUT2D eigenvalue weighted by molar-refractivity contribution is 5.92. The normalized spacial score (nSPS) is 24.9. The first-order valence-electron chi connectivity index (χ1n) is 6.35. The number of rotatable bonds is 2. The number of ether oxygens (including phenoxy) is 1. The van der Waals surface area contributed by atoms with Gasteiger partial charge in [0.05, 0.1) is 0 Å². The smallest absolute Gasteiger partial charge is 0.411 e. The molecule has 1 aliphatic heterocycles. The number of piperidine rings is 1. The second kappa shape index (κ2) is 5.12. The van der Waals surface area contributed by atoms with Crippen molar-refractivity contribution in [2.45, 2.75) is 58.1 Å². The van der Waals surface area contributed by atoms with Crippen molar-refractivity contribution in [3.63, 3.8) is 0 Å². The molecular formula is C14H23NO3. The van der Waals surface area contributed by atoms with Crippen LogP contribution in [-0.2, 0) is 9.53 Å². The summed E-state index contributed by atoms with van der Waals surface area (Å²) in [6.07, 6.45) is 2.94. The van der Waals surface area contributed by atoms with Crippen molar-refractivity contribution in [1.29, 1.82) is 0 Å². The third-order valence-corrected chi connectivity index (χ3v) is 3.14. The molecule has 18 heavy (non-hydrogen) atoms. The third kappa shape index (κ3) is 3.12. The van der Waals surface area contributed by atoms with Crippen LogP contribution in [0.5, 0.6) is 0 Å². The summed E-state index contributed by atoms with van der Waals surface area (Å²) in [4.78, 5) is 25.8. The molecule has 1 amide bonds. The summed E-state index contributed by atoms with van der Waals surface area (Å²) < 4.78 is 5.37. The molecule has 0 aromatic rings. The van der Waals surface area contributed by atoms with E-state index in [0.717, 1.165) is 0 Å². The Balaban J connectivity index is 2.93. The van der Waals surface area contributed by atoms with Crippen LogP contribution in [-0.4, -0.2) is 34.5 Å². The van der Waals surface area contributed by atoms with Gasteiger partial charge in [-0.05, 0) is 40.5 Å². The standard InChI is InChI=1S/C14H23NO3/c1-6-9-14(5)11(16)8-7-10-15(14)12(17)18-13(2,3)4/h6H,1,7-10H2,2-5H3/t14-/m0/s1. The first-order chi connectivity index (χ1) is 8.20. The van der Waals surface area contributed by atoms with Gasteiger partial charge in [0.25, 0.3) is 0 Å². The van der Waals surface area contributed by atoms with Crippen molar-refractivity contribution in [2.75, 3.05) is 6.54 Å². The summed E-state index contributed by atoms with van der Waals surface area (Å²) in [5.74, 6) is 0.0829. The van der Waals surface area contributed by atoms with E-state index in [1.165, 1.54) is 0 Å². The Hall–Kier alpha value is -1.32. The zero-order chi connectivity index (χ0) is 14.0. The number of carbonyl (C=O) groups is 2. The van der Waals surface area contributed by atoms with Gasteiger partial charge >= 0.3 is 6.09 Å². The maximum absolute atomic E-state index is 12.2. The molecule has 1 rings (SSSR count). The van der Waals surface area contributed by atoms with Crippen LogP contribution in [0.3, 0.4) is 0 Å². The van der Waals surface area contributed by atoms with Crippen LogP contribution in [0.1, 0.15) is 47.0 Å². The van der Waals surface area contributed by atoms with Crippen molar-refractivity contribution < 1.29 is 14.3 Å². The molecule has 0 aromatic carbocycles. The number of hydrogen-bond acceptors (Lipinski definition) is 3. The van der Waals surface area contributed by atoms with Crippen LogP contribution in [0.2, 0.25) is 0 Å². The SMILES string of the molecule is C=CC[C@@]1(C)C(=O)CCCN1C(=O)OC(C)(C)C. The van der Waals surface area contributed by atoms with Crippen molar-refractivity contribution in [3.8, 4) is 0 Å². The molecule has 4 nitrogen and oxygen atoms in total. The minimum atomic E-state index is -0.803. The van der Waals surface area contributed by atoms with E-state index in [1.54, 1.807) is 17.9 Å². The molecule has 0 spiro atoms. The number of hydrogen-bond donors (Lipinski definition) is 0. The summed E-state index contributed by atoms with van der Waals surface area (Å²) in [7, 11) is 0. The van der Waals surface area contributed by atoms with E-state index >= 15 is 0 Å². The second-order valence-electron chi connectivity index (χ2n) is 5.93. The van der Waals surface area contributed by atoms with Gasteiger partial charge in [-0.3, -0.25) is 9.69 Å². The quantitative estimate of drug-likeness (QED) is 0.711. The molecule has 0 N–H and O–H groups in total. The van der Waals surface area contributed by atoms with Gasteiger partial charge in [0.1, 0.15) is 11.1 Å². The fourth-order valence-corrected chi connectivity index (χ4v) is 2.18. The maximum Gasteiger partial charge on any atom is 0.411 e. The number of ketones is 1. The van der Waals surface area contributed by atoms with Gasteiger partial charge in [-0.1, -0.05) is 6.08 Å². The number of carbonyl (C=O) groups excluding carboxylic acids is 2. The van der Waals surface area contributed by atoms with E-state index in [9.17, 15) is 9.59 Å². The van der Waals surface area contributed by atoms with E-state index in [4.69, 9.17) is 4.74 Å². The molecule has 0 bridgehead atoms. The summed E-state index contributed by atoms with van der Waals surface area (Å²) in [6.45, 7) is 11.5. The minimum absolute atomic E-state index is 0.0829. The predicted octanol–water partition coefficient (Wildman–Crippen LogP) is 2.92. The lowest BCUT2D eigenvalue weighted by Gasteiger charge is -2.43. The highest BCUT2D eigenvalue weighted by Gasteiger charge is 2.44. The van der Waals surface area contributed by atoms with Crippen LogP contribution < -0.4 is 0 Å². The van der Waals surface area contributed by atoms with Crippen molar-refractivity contribution >= 4 is 11.9 Å². The van der Waals surface area contributed by atoms with Gasteiger partial charge in [0.15, 0.2) is 5.78 Å².